The molecule has 2 aromatic rings. The summed E-state index contributed by atoms with van der Waals surface area (Å²) in [6.07, 6.45) is 2.86. The van der Waals surface area contributed by atoms with Crippen molar-refractivity contribution in [1.29, 1.82) is 0 Å². The van der Waals surface area contributed by atoms with Crippen LogP contribution in [-0.4, -0.2) is 19.6 Å². The second-order valence-corrected chi connectivity index (χ2v) is 4.48. The molecule has 5 heteroatoms. The molecule has 4 nitrogen and oxygen atoms in total. The predicted molar refractivity (Wildman–Crippen MR) is 72.2 cm³/mol. The van der Waals surface area contributed by atoms with Gasteiger partial charge in [-0.3, -0.25) is 4.79 Å². The molecule has 0 aliphatic rings. The molecule has 0 bridgehead atoms. The molecule has 0 spiro atoms. The minimum atomic E-state index is -0.232. The number of furan rings is 1. The van der Waals surface area contributed by atoms with Gasteiger partial charge in [0, 0.05) is 12.1 Å². The maximum atomic E-state index is 12.0. The standard InChI is InChI=1S/C14H14ClNO3/c1-18-9-13(10-2-4-12(15)5-3-10)16-14(17)11-6-7-19-8-11/h2-8,13H,9H2,1H3,(H,16,17)/t13-/m0/s1. The fourth-order valence-corrected chi connectivity index (χ4v) is 1.84. The van der Waals surface area contributed by atoms with E-state index in [1.54, 1.807) is 25.3 Å². The van der Waals surface area contributed by atoms with Crippen LogP contribution >= 0.6 is 11.6 Å². The highest BCUT2D eigenvalue weighted by molar-refractivity contribution is 6.30. The quantitative estimate of drug-likeness (QED) is 0.915. The molecule has 0 fully saturated rings. The van der Waals surface area contributed by atoms with E-state index in [2.05, 4.69) is 5.32 Å². The fraction of sp³-hybridized carbons (Fsp3) is 0.214. The van der Waals surface area contributed by atoms with Crippen LogP contribution in [0.4, 0.5) is 0 Å². The van der Waals surface area contributed by atoms with Crippen LogP contribution < -0.4 is 5.32 Å². The number of hydrogen-bond donors (Lipinski definition) is 1. The molecular weight excluding hydrogens is 266 g/mol. The van der Waals surface area contributed by atoms with Crippen LogP contribution in [0.15, 0.2) is 47.3 Å². The van der Waals surface area contributed by atoms with E-state index >= 15 is 0 Å². The highest BCUT2D eigenvalue weighted by Gasteiger charge is 2.16. The normalized spacial score (nSPS) is 12.1. The molecule has 100 valence electrons. The zero-order valence-corrected chi connectivity index (χ0v) is 11.2. The first kappa shape index (κ1) is 13.6. The number of benzene rings is 1. The van der Waals surface area contributed by atoms with Crippen molar-refractivity contribution in [3.8, 4) is 0 Å². The number of carbonyl (C=O) groups excluding carboxylic acids is 1. The van der Waals surface area contributed by atoms with Gasteiger partial charge in [0.15, 0.2) is 0 Å². The van der Waals surface area contributed by atoms with Crippen molar-refractivity contribution in [1.82, 2.24) is 5.32 Å². The molecule has 2 rings (SSSR count). The van der Waals surface area contributed by atoms with Gasteiger partial charge in [0.05, 0.1) is 24.5 Å². The van der Waals surface area contributed by atoms with E-state index in [0.717, 1.165) is 5.56 Å². The molecule has 1 aromatic carbocycles. The van der Waals surface area contributed by atoms with Gasteiger partial charge >= 0.3 is 0 Å². The van der Waals surface area contributed by atoms with E-state index in [1.165, 1.54) is 12.5 Å². The van der Waals surface area contributed by atoms with E-state index in [0.29, 0.717) is 17.2 Å². The van der Waals surface area contributed by atoms with Gasteiger partial charge < -0.3 is 14.5 Å². The molecule has 0 saturated heterocycles. The van der Waals surface area contributed by atoms with Crippen LogP contribution in [0.2, 0.25) is 5.02 Å². The van der Waals surface area contributed by atoms with Crippen molar-refractivity contribution >= 4 is 17.5 Å². The summed E-state index contributed by atoms with van der Waals surface area (Å²) in [5, 5.41) is 3.54. The van der Waals surface area contributed by atoms with Crippen molar-refractivity contribution in [2.24, 2.45) is 0 Å². The number of carbonyl (C=O) groups is 1. The smallest absolute Gasteiger partial charge is 0.255 e. The largest absolute Gasteiger partial charge is 0.472 e. The second kappa shape index (κ2) is 6.41. The van der Waals surface area contributed by atoms with Gasteiger partial charge in [0.1, 0.15) is 6.26 Å². The lowest BCUT2D eigenvalue weighted by Crippen LogP contribution is -2.31. The Kier molecular flexibility index (Phi) is 4.60. The first-order valence-corrected chi connectivity index (χ1v) is 6.16. The van der Waals surface area contributed by atoms with Gasteiger partial charge in [-0.15, -0.1) is 0 Å². The minimum Gasteiger partial charge on any atom is -0.472 e. The lowest BCUT2D eigenvalue weighted by Gasteiger charge is -2.18. The molecule has 19 heavy (non-hydrogen) atoms. The molecule has 1 amide bonds. The van der Waals surface area contributed by atoms with Crippen LogP contribution in [0.3, 0.4) is 0 Å². The fourth-order valence-electron chi connectivity index (χ4n) is 1.72. The highest BCUT2D eigenvalue weighted by atomic mass is 35.5. The lowest BCUT2D eigenvalue weighted by atomic mass is 10.1. The SMILES string of the molecule is COC[C@H](NC(=O)c1ccoc1)c1ccc(Cl)cc1. The molecule has 0 saturated carbocycles. The average Bonchev–Trinajstić information content (AvgIpc) is 2.93. The summed E-state index contributed by atoms with van der Waals surface area (Å²) in [7, 11) is 1.59. The second-order valence-electron chi connectivity index (χ2n) is 4.04. The van der Waals surface area contributed by atoms with Crippen LogP contribution in [0.25, 0.3) is 0 Å². The number of methoxy groups -OCH3 is 1. The minimum absolute atomic E-state index is 0.203. The number of amides is 1. The van der Waals surface area contributed by atoms with Gasteiger partial charge in [-0.1, -0.05) is 23.7 Å². The third kappa shape index (κ3) is 3.59. The van der Waals surface area contributed by atoms with Crippen molar-refractivity contribution in [3.05, 3.63) is 59.0 Å². The number of halogens is 1. The Morgan fingerprint density at radius 2 is 2.11 bits per heavy atom. The first-order chi connectivity index (χ1) is 9.20. The number of ether oxygens (including phenoxy) is 1. The molecule has 1 heterocycles. The zero-order chi connectivity index (χ0) is 13.7. The average molecular weight is 280 g/mol. The van der Waals surface area contributed by atoms with E-state index in [9.17, 15) is 4.79 Å². The van der Waals surface area contributed by atoms with Crippen LogP contribution in [0.1, 0.15) is 22.0 Å². The van der Waals surface area contributed by atoms with Crippen LogP contribution in [-0.2, 0) is 4.74 Å². The van der Waals surface area contributed by atoms with Gasteiger partial charge in [-0.2, -0.15) is 0 Å². The summed E-state index contributed by atoms with van der Waals surface area (Å²) in [5.74, 6) is -0.203. The Labute approximate surface area is 116 Å². The third-order valence-corrected chi connectivity index (χ3v) is 2.95. The summed E-state index contributed by atoms with van der Waals surface area (Å²) in [4.78, 5) is 12.0. The van der Waals surface area contributed by atoms with Gasteiger partial charge in [0.2, 0.25) is 0 Å². The van der Waals surface area contributed by atoms with Crippen molar-refractivity contribution < 1.29 is 13.9 Å². The number of hydrogen-bond acceptors (Lipinski definition) is 3. The maximum absolute atomic E-state index is 12.0. The molecule has 1 atom stereocenters. The van der Waals surface area contributed by atoms with Crippen LogP contribution in [0, 0.1) is 0 Å². The van der Waals surface area contributed by atoms with Gasteiger partial charge in [-0.25, -0.2) is 0 Å². The van der Waals surface area contributed by atoms with Crippen LogP contribution in [0.5, 0.6) is 0 Å². The third-order valence-electron chi connectivity index (χ3n) is 2.69. The molecule has 1 N–H and O–H groups in total. The first-order valence-electron chi connectivity index (χ1n) is 5.78. The number of rotatable bonds is 5. The summed E-state index contributed by atoms with van der Waals surface area (Å²) >= 11 is 5.85. The maximum Gasteiger partial charge on any atom is 0.255 e. The topological polar surface area (TPSA) is 51.5 Å². The van der Waals surface area contributed by atoms with E-state index < -0.39 is 0 Å². The van der Waals surface area contributed by atoms with Gasteiger partial charge in [-0.05, 0) is 23.8 Å². The predicted octanol–water partition coefficient (Wildman–Crippen LogP) is 3.05. The van der Waals surface area contributed by atoms with Crippen molar-refractivity contribution in [2.45, 2.75) is 6.04 Å². The van der Waals surface area contributed by atoms with Crippen molar-refractivity contribution in [3.63, 3.8) is 0 Å². The monoisotopic (exact) mass is 279 g/mol. The van der Waals surface area contributed by atoms with E-state index in [4.69, 9.17) is 20.8 Å². The molecule has 0 aliphatic carbocycles. The highest BCUT2D eigenvalue weighted by Crippen LogP contribution is 2.17. The Morgan fingerprint density at radius 3 is 2.68 bits per heavy atom. The Hall–Kier alpha value is -1.78. The molecular formula is C14H14ClNO3. The van der Waals surface area contributed by atoms with Crippen molar-refractivity contribution in [2.75, 3.05) is 13.7 Å². The Balaban J connectivity index is 2.12. The van der Waals surface area contributed by atoms with Gasteiger partial charge in [0.25, 0.3) is 5.91 Å². The summed E-state index contributed by atoms with van der Waals surface area (Å²) in [6.45, 7) is 0.380. The lowest BCUT2D eigenvalue weighted by molar-refractivity contribution is 0.0896. The molecule has 1 aromatic heterocycles. The molecule has 0 radical (unpaired) electrons. The molecule has 0 aliphatic heterocycles. The summed E-state index contributed by atoms with van der Waals surface area (Å²) < 4.78 is 10.0. The summed E-state index contributed by atoms with van der Waals surface area (Å²) in [6, 6.07) is 8.67. The number of nitrogens with one attached hydrogen (secondary N) is 1. The zero-order valence-electron chi connectivity index (χ0n) is 10.4. The molecule has 0 unspecified atom stereocenters. The van der Waals surface area contributed by atoms with E-state index in [-0.39, 0.29) is 11.9 Å². The summed E-state index contributed by atoms with van der Waals surface area (Å²) in [5.41, 5.74) is 1.41. The Morgan fingerprint density at radius 1 is 1.37 bits per heavy atom. The van der Waals surface area contributed by atoms with E-state index in [1.807, 2.05) is 12.1 Å². The Bertz CT molecular complexity index is 522.